The molecule has 3 nitrogen and oxygen atoms in total. The SMILES string of the molecule is CC(C)(C)c1c[nH]c2nnccc12. The number of nitrogens with one attached hydrogen (secondary N) is 1. The number of hydrogen-bond acceptors (Lipinski definition) is 2. The van der Waals surface area contributed by atoms with Crippen molar-refractivity contribution in [1.29, 1.82) is 0 Å². The maximum absolute atomic E-state index is 4.01. The van der Waals surface area contributed by atoms with Gasteiger partial charge in [-0.1, -0.05) is 20.8 Å². The standard InChI is InChI=1S/C10H13N3/c1-10(2,3)8-6-11-9-7(8)4-5-12-13-9/h4-6H,1-3H3,(H,11,13). The average Bonchev–Trinajstić information content (AvgIpc) is 2.45. The van der Waals surface area contributed by atoms with Gasteiger partial charge in [0.15, 0.2) is 5.65 Å². The maximum atomic E-state index is 4.01. The molecule has 0 aliphatic heterocycles. The highest BCUT2D eigenvalue weighted by molar-refractivity contribution is 5.80. The van der Waals surface area contributed by atoms with Crippen LogP contribution in [-0.2, 0) is 5.41 Å². The third kappa shape index (κ3) is 1.30. The van der Waals surface area contributed by atoms with Crippen molar-refractivity contribution in [2.45, 2.75) is 26.2 Å². The summed E-state index contributed by atoms with van der Waals surface area (Å²) in [7, 11) is 0. The maximum Gasteiger partial charge on any atom is 0.160 e. The van der Waals surface area contributed by atoms with Crippen molar-refractivity contribution in [1.82, 2.24) is 15.2 Å². The molecule has 0 atom stereocenters. The predicted octanol–water partition coefficient (Wildman–Crippen LogP) is 2.26. The Morgan fingerprint density at radius 2 is 2.08 bits per heavy atom. The van der Waals surface area contributed by atoms with Gasteiger partial charge in [-0.3, -0.25) is 0 Å². The van der Waals surface area contributed by atoms with Crippen LogP contribution in [0.4, 0.5) is 0 Å². The monoisotopic (exact) mass is 175 g/mol. The van der Waals surface area contributed by atoms with Gasteiger partial charge in [0.05, 0.1) is 6.20 Å². The van der Waals surface area contributed by atoms with Crippen molar-refractivity contribution in [2.75, 3.05) is 0 Å². The molecule has 0 spiro atoms. The van der Waals surface area contributed by atoms with Gasteiger partial charge >= 0.3 is 0 Å². The molecule has 0 saturated heterocycles. The summed E-state index contributed by atoms with van der Waals surface area (Å²) in [6, 6.07) is 2.00. The molecule has 0 radical (unpaired) electrons. The second-order valence-electron chi connectivity index (χ2n) is 4.25. The molecule has 13 heavy (non-hydrogen) atoms. The van der Waals surface area contributed by atoms with E-state index >= 15 is 0 Å². The first-order valence-electron chi connectivity index (χ1n) is 4.38. The van der Waals surface area contributed by atoms with Crippen molar-refractivity contribution in [3.63, 3.8) is 0 Å². The zero-order chi connectivity index (χ0) is 9.47. The van der Waals surface area contributed by atoms with E-state index in [2.05, 4.69) is 36.0 Å². The van der Waals surface area contributed by atoms with Gasteiger partial charge in [-0.15, -0.1) is 5.10 Å². The van der Waals surface area contributed by atoms with Crippen molar-refractivity contribution in [3.05, 3.63) is 24.0 Å². The third-order valence-electron chi connectivity index (χ3n) is 2.17. The Morgan fingerprint density at radius 1 is 1.31 bits per heavy atom. The molecule has 0 unspecified atom stereocenters. The molecule has 2 heterocycles. The van der Waals surface area contributed by atoms with Crippen LogP contribution >= 0.6 is 0 Å². The van der Waals surface area contributed by atoms with Gasteiger partial charge in [0.2, 0.25) is 0 Å². The second-order valence-corrected chi connectivity index (χ2v) is 4.25. The first-order valence-corrected chi connectivity index (χ1v) is 4.38. The molecule has 3 heteroatoms. The van der Waals surface area contributed by atoms with Crippen LogP contribution in [0.2, 0.25) is 0 Å². The van der Waals surface area contributed by atoms with Crippen LogP contribution in [0.25, 0.3) is 11.0 Å². The number of aromatic amines is 1. The molecule has 0 amide bonds. The van der Waals surface area contributed by atoms with E-state index in [9.17, 15) is 0 Å². The molecule has 0 fully saturated rings. The van der Waals surface area contributed by atoms with Crippen molar-refractivity contribution in [2.24, 2.45) is 0 Å². The Kier molecular flexibility index (Phi) is 1.62. The highest BCUT2D eigenvalue weighted by Gasteiger charge is 2.18. The van der Waals surface area contributed by atoms with E-state index in [0.29, 0.717) is 0 Å². The van der Waals surface area contributed by atoms with Crippen LogP contribution in [0, 0.1) is 0 Å². The molecular formula is C10H13N3. The molecule has 0 bridgehead atoms. The van der Waals surface area contributed by atoms with Crippen molar-refractivity contribution in [3.8, 4) is 0 Å². The minimum atomic E-state index is 0.154. The molecule has 0 aliphatic carbocycles. The molecule has 1 N–H and O–H groups in total. The highest BCUT2D eigenvalue weighted by Crippen LogP contribution is 2.28. The average molecular weight is 175 g/mol. The molecule has 68 valence electrons. The largest absolute Gasteiger partial charge is 0.344 e. The molecule has 0 aromatic carbocycles. The van der Waals surface area contributed by atoms with Crippen LogP contribution in [-0.4, -0.2) is 15.2 Å². The third-order valence-corrected chi connectivity index (χ3v) is 2.17. The fourth-order valence-corrected chi connectivity index (χ4v) is 1.49. The lowest BCUT2D eigenvalue weighted by molar-refractivity contribution is 0.596. The fraction of sp³-hybridized carbons (Fsp3) is 0.400. The van der Waals surface area contributed by atoms with Gasteiger partial charge in [0.25, 0.3) is 0 Å². The Balaban J connectivity index is 2.72. The van der Waals surface area contributed by atoms with E-state index in [1.54, 1.807) is 6.20 Å². The van der Waals surface area contributed by atoms with E-state index in [1.165, 1.54) is 10.9 Å². The van der Waals surface area contributed by atoms with Crippen molar-refractivity contribution >= 4 is 11.0 Å². The lowest BCUT2D eigenvalue weighted by Gasteiger charge is -2.16. The molecule has 2 rings (SSSR count). The molecule has 0 saturated carbocycles. The fourth-order valence-electron chi connectivity index (χ4n) is 1.49. The first kappa shape index (κ1) is 8.23. The van der Waals surface area contributed by atoms with Crippen LogP contribution < -0.4 is 0 Å². The Bertz CT molecular complexity index is 423. The van der Waals surface area contributed by atoms with Gasteiger partial charge in [0.1, 0.15) is 0 Å². The summed E-state index contributed by atoms with van der Waals surface area (Å²) in [5, 5.41) is 9.01. The van der Waals surface area contributed by atoms with Crippen LogP contribution in [0.15, 0.2) is 18.5 Å². The van der Waals surface area contributed by atoms with E-state index in [4.69, 9.17) is 0 Å². The highest BCUT2D eigenvalue weighted by atomic mass is 15.1. The molecule has 0 aliphatic rings. The summed E-state index contributed by atoms with van der Waals surface area (Å²) in [5.74, 6) is 0. The summed E-state index contributed by atoms with van der Waals surface area (Å²) >= 11 is 0. The second kappa shape index (κ2) is 2.55. The number of fused-ring (bicyclic) bond motifs is 1. The number of hydrogen-bond donors (Lipinski definition) is 1. The van der Waals surface area contributed by atoms with E-state index < -0.39 is 0 Å². The molecule has 2 aromatic heterocycles. The Hall–Kier alpha value is -1.38. The Morgan fingerprint density at radius 3 is 2.77 bits per heavy atom. The molecular weight excluding hydrogens is 162 g/mol. The minimum Gasteiger partial charge on any atom is -0.344 e. The topological polar surface area (TPSA) is 41.6 Å². The van der Waals surface area contributed by atoms with Crippen molar-refractivity contribution < 1.29 is 0 Å². The van der Waals surface area contributed by atoms with Crippen LogP contribution in [0.5, 0.6) is 0 Å². The quantitative estimate of drug-likeness (QED) is 0.667. The van der Waals surface area contributed by atoms with Gasteiger partial charge in [-0.2, -0.15) is 5.10 Å². The van der Waals surface area contributed by atoms with Gasteiger partial charge < -0.3 is 4.98 Å². The summed E-state index contributed by atoms with van der Waals surface area (Å²) in [4.78, 5) is 3.12. The smallest absolute Gasteiger partial charge is 0.160 e. The van der Waals surface area contributed by atoms with Gasteiger partial charge in [-0.25, -0.2) is 0 Å². The first-order chi connectivity index (χ1) is 6.09. The predicted molar refractivity (Wildman–Crippen MR) is 52.6 cm³/mol. The normalized spacial score (nSPS) is 12.2. The number of aromatic nitrogens is 3. The summed E-state index contributed by atoms with van der Waals surface area (Å²) < 4.78 is 0. The zero-order valence-corrected chi connectivity index (χ0v) is 8.13. The summed E-state index contributed by atoms with van der Waals surface area (Å²) in [6.45, 7) is 6.57. The zero-order valence-electron chi connectivity index (χ0n) is 8.13. The molecule has 2 aromatic rings. The van der Waals surface area contributed by atoms with E-state index in [1.807, 2.05) is 12.3 Å². The Labute approximate surface area is 77.2 Å². The van der Waals surface area contributed by atoms with Crippen LogP contribution in [0.1, 0.15) is 26.3 Å². The minimum absolute atomic E-state index is 0.154. The number of H-pyrrole nitrogens is 1. The lowest BCUT2D eigenvalue weighted by Crippen LogP contribution is -2.09. The summed E-state index contributed by atoms with van der Waals surface area (Å²) in [6.07, 6.45) is 3.74. The number of nitrogens with zero attached hydrogens (tertiary/aromatic N) is 2. The lowest BCUT2D eigenvalue weighted by atomic mass is 9.87. The van der Waals surface area contributed by atoms with Gasteiger partial charge in [-0.05, 0) is 17.0 Å². The van der Waals surface area contributed by atoms with Crippen LogP contribution in [0.3, 0.4) is 0 Å². The van der Waals surface area contributed by atoms with E-state index in [0.717, 1.165) is 5.65 Å². The van der Waals surface area contributed by atoms with E-state index in [-0.39, 0.29) is 5.41 Å². The van der Waals surface area contributed by atoms with Gasteiger partial charge in [0, 0.05) is 11.6 Å². The number of rotatable bonds is 0. The summed E-state index contributed by atoms with van der Waals surface area (Å²) in [5.41, 5.74) is 2.31.